The molecular formula is C29H29N3O2. The summed E-state index contributed by atoms with van der Waals surface area (Å²) in [5.41, 5.74) is 5.87. The van der Waals surface area contributed by atoms with Crippen molar-refractivity contribution in [3.05, 3.63) is 95.3 Å². The van der Waals surface area contributed by atoms with E-state index >= 15 is 0 Å². The second-order valence-electron chi connectivity index (χ2n) is 8.36. The maximum absolute atomic E-state index is 12.7. The number of unbranched alkanes of at least 4 members (excludes halogenated alkanes) is 1. The Morgan fingerprint density at radius 1 is 0.912 bits per heavy atom. The Bertz CT molecular complexity index is 1300. The summed E-state index contributed by atoms with van der Waals surface area (Å²) in [4.78, 5) is 34.1. The zero-order valence-corrected chi connectivity index (χ0v) is 19.7. The van der Waals surface area contributed by atoms with E-state index in [9.17, 15) is 9.59 Å². The molecule has 4 rings (SSSR count). The third-order valence-corrected chi connectivity index (χ3v) is 5.96. The van der Waals surface area contributed by atoms with Crippen LogP contribution in [0.3, 0.4) is 0 Å². The maximum atomic E-state index is 12.7. The number of ketones is 1. The van der Waals surface area contributed by atoms with Crippen molar-refractivity contribution in [2.45, 2.75) is 39.5 Å². The highest BCUT2D eigenvalue weighted by atomic mass is 16.1. The van der Waals surface area contributed by atoms with Crippen LogP contribution in [0.25, 0.3) is 22.2 Å². The van der Waals surface area contributed by atoms with E-state index in [4.69, 9.17) is 0 Å². The molecule has 5 heteroatoms. The number of Topliss-reactive ketones (excluding diaryl/α,β-unsaturated/α-hetero) is 1. The fourth-order valence-corrected chi connectivity index (χ4v) is 4.01. The molecule has 2 aromatic carbocycles. The smallest absolute Gasteiger partial charge is 0.252 e. The molecule has 0 aliphatic carbocycles. The number of carbonyl (C=O) groups is 2. The van der Waals surface area contributed by atoms with Crippen LogP contribution in [0.2, 0.25) is 0 Å². The summed E-state index contributed by atoms with van der Waals surface area (Å²) in [6.45, 7) is 4.63. The SMILES string of the molecule is CCCCNC(=O)c1ccc(-c2ccc3ncc(C(=O)CC)c(Cc4ccccc4)c3c2)nc1. The van der Waals surface area contributed by atoms with Crippen molar-refractivity contribution >= 4 is 22.6 Å². The molecule has 0 aliphatic heterocycles. The van der Waals surface area contributed by atoms with E-state index in [0.29, 0.717) is 30.5 Å². The van der Waals surface area contributed by atoms with Crippen LogP contribution in [-0.2, 0) is 6.42 Å². The molecule has 0 radical (unpaired) electrons. The fraction of sp³-hybridized carbons (Fsp3) is 0.241. The standard InChI is InChI=1S/C29H29N3O2/c1-3-5-15-30-29(34)22-12-13-26(31-18-22)21-11-14-27-24(17-21)23(16-20-9-7-6-8-10-20)25(19-32-27)28(33)4-2/h6-14,17-19H,3-5,15-16H2,1-2H3,(H,30,34). The van der Waals surface area contributed by atoms with Crippen molar-refractivity contribution in [2.24, 2.45) is 0 Å². The van der Waals surface area contributed by atoms with Crippen molar-refractivity contribution in [2.75, 3.05) is 6.54 Å². The summed E-state index contributed by atoms with van der Waals surface area (Å²) >= 11 is 0. The lowest BCUT2D eigenvalue weighted by atomic mass is 9.93. The molecule has 0 saturated heterocycles. The van der Waals surface area contributed by atoms with Gasteiger partial charge in [0.2, 0.25) is 0 Å². The Morgan fingerprint density at radius 3 is 2.44 bits per heavy atom. The molecule has 0 bridgehead atoms. The van der Waals surface area contributed by atoms with Gasteiger partial charge in [-0.2, -0.15) is 0 Å². The first kappa shape index (κ1) is 23.3. The van der Waals surface area contributed by atoms with Crippen LogP contribution in [0.4, 0.5) is 0 Å². The van der Waals surface area contributed by atoms with Gasteiger partial charge >= 0.3 is 0 Å². The summed E-state index contributed by atoms with van der Waals surface area (Å²) in [6.07, 6.45) is 6.38. The average Bonchev–Trinajstić information content (AvgIpc) is 2.89. The van der Waals surface area contributed by atoms with E-state index in [1.807, 2.05) is 43.3 Å². The first-order valence-corrected chi connectivity index (χ1v) is 11.8. The lowest BCUT2D eigenvalue weighted by molar-refractivity contribution is 0.0951. The first-order valence-electron chi connectivity index (χ1n) is 11.8. The Balaban J connectivity index is 1.72. The van der Waals surface area contributed by atoms with Gasteiger partial charge < -0.3 is 5.32 Å². The Hall–Kier alpha value is -3.86. The lowest BCUT2D eigenvalue weighted by Gasteiger charge is -2.13. The third-order valence-electron chi connectivity index (χ3n) is 5.96. The molecule has 2 aromatic heterocycles. The van der Waals surface area contributed by atoms with E-state index in [0.717, 1.165) is 46.1 Å². The summed E-state index contributed by atoms with van der Waals surface area (Å²) in [5, 5.41) is 3.87. The molecule has 0 aliphatic rings. The quantitative estimate of drug-likeness (QED) is 0.250. The normalized spacial score (nSPS) is 10.9. The largest absolute Gasteiger partial charge is 0.352 e. The number of hydrogen-bond acceptors (Lipinski definition) is 4. The monoisotopic (exact) mass is 451 g/mol. The summed E-state index contributed by atoms with van der Waals surface area (Å²) < 4.78 is 0. The van der Waals surface area contributed by atoms with Gasteiger partial charge in [0.25, 0.3) is 5.91 Å². The molecule has 5 nitrogen and oxygen atoms in total. The first-order chi connectivity index (χ1) is 16.6. The Morgan fingerprint density at radius 2 is 1.74 bits per heavy atom. The highest BCUT2D eigenvalue weighted by Gasteiger charge is 2.16. The number of nitrogens with zero attached hydrogens (tertiary/aromatic N) is 2. The number of rotatable bonds is 9. The van der Waals surface area contributed by atoms with Gasteiger partial charge in [0, 0.05) is 41.9 Å². The average molecular weight is 452 g/mol. The number of benzene rings is 2. The summed E-state index contributed by atoms with van der Waals surface area (Å²) in [7, 11) is 0. The van der Waals surface area contributed by atoms with Crippen LogP contribution in [0.5, 0.6) is 0 Å². The topological polar surface area (TPSA) is 72.0 Å². The molecule has 1 N–H and O–H groups in total. The molecule has 0 spiro atoms. The van der Waals surface area contributed by atoms with Crippen LogP contribution in [0.1, 0.15) is 65.0 Å². The second kappa shape index (κ2) is 10.8. The van der Waals surface area contributed by atoms with Crippen LogP contribution >= 0.6 is 0 Å². The van der Waals surface area contributed by atoms with Crippen LogP contribution in [-0.4, -0.2) is 28.2 Å². The van der Waals surface area contributed by atoms with Gasteiger partial charge in [-0.25, -0.2) is 0 Å². The van der Waals surface area contributed by atoms with Gasteiger partial charge in [-0.15, -0.1) is 0 Å². The van der Waals surface area contributed by atoms with Gasteiger partial charge in [0.1, 0.15) is 0 Å². The second-order valence-corrected chi connectivity index (χ2v) is 8.36. The van der Waals surface area contributed by atoms with Gasteiger partial charge in [0.15, 0.2) is 5.78 Å². The highest BCUT2D eigenvalue weighted by Crippen LogP contribution is 2.29. The number of hydrogen-bond donors (Lipinski definition) is 1. The van der Waals surface area contributed by atoms with Crippen molar-refractivity contribution in [3.8, 4) is 11.3 Å². The van der Waals surface area contributed by atoms with Crippen LogP contribution in [0, 0.1) is 0 Å². The zero-order chi connectivity index (χ0) is 23.9. The third kappa shape index (κ3) is 5.20. The van der Waals surface area contributed by atoms with Crippen molar-refractivity contribution in [3.63, 3.8) is 0 Å². The highest BCUT2D eigenvalue weighted by molar-refractivity contribution is 6.02. The molecular weight excluding hydrogens is 422 g/mol. The van der Waals surface area contributed by atoms with E-state index in [-0.39, 0.29) is 11.7 Å². The molecule has 4 aromatic rings. The van der Waals surface area contributed by atoms with Gasteiger partial charge in [-0.05, 0) is 48.2 Å². The van der Waals surface area contributed by atoms with Crippen LogP contribution < -0.4 is 5.32 Å². The molecule has 1 amide bonds. The van der Waals surface area contributed by atoms with Crippen LogP contribution in [0.15, 0.2) is 73.1 Å². The fourth-order valence-electron chi connectivity index (χ4n) is 4.01. The van der Waals surface area contributed by atoms with Crippen molar-refractivity contribution in [1.82, 2.24) is 15.3 Å². The van der Waals surface area contributed by atoms with Gasteiger partial charge in [-0.3, -0.25) is 19.6 Å². The van der Waals surface area contributed by atoms with Crippen molar-refractivity contribution < 1.29 is 9.59 Å². The zero-order valence-electron chi connectivity index (χ0n) is 19.7. The minimum atomic E-state index is -0.108. The van der Waals surface area contributed by atoms with E-state index in [2.05, 4.69) is 40.4 Å². The minimum Gasteiger partial charge on any atom is -0.352 e. The number of carbonyl (C=O) groups excluding carboxylic acids is 2. The molecule has 172 valence electrons. The summed E-state index contributed by atoms with van der Waals surface area (Å²) in [6, 6.07) is 19.8. The van der Waals surface area contributed by atoms with E-state index in [1.54, 1.807) is 18.5 Å². The van der Waals surface area contributed by atoms with Crippen molar-refractivity contribution in [1.29, 1.82) is 0 Å². The molecule has 2 heterocycles. The van der Waals surface area contributed by atoms with E-state index in [1.165, 1.54) is 0 Å². The molecule has 0 fully saturated rings. The molecule has 34 heavy (non-hydrogen) atoms. The number of pyridine rings is 2. The molecule has 0 unspecified atom stereocenters. The predicted molar refractivity (Wildman–Crippen MR) is 136 cm³/mol. The lowest BCUT2D eigenvalue weighted by Crippen LogP contribution is -2.24. The van der Waals surface area contributed by atoms with Gasteiger partial charge in [-0.1, -0.05) is 56.7 Å². The Labute approximate surface area is 200 Å². The number of aromatic nitrogens is 2. The number of amides is 1. The summed E-state index contributed by atoms with van der Waals surface area (Å²) in [5.74, 6) is -0.0228. The molecule has 0 saturated carbocycles. The number of nitrogens with one attached hydrogen (secondary N) is 1. The van der Waals surface area contributed by atoms with Gasteiger partial charge in [0.05, 0.1) is 16.8 Å². The predicted octanol–water partition coefficient (Wildman–Crippen LogP) is 6.01. The Kier molecular flexibility index (Phi) is 7.43. The maximum Gasteiger partial charge on any atom is 0.252 e. The molecule has 0 atom stereocenters. The number of fused-ring (bicyclic) bond motifs is 1. The van der Waals surface area contributed by atoms with E-state index < -0.39 is 0 Å². The minimum absolute atomic E-state index is 0.0855.